The van der Waals surface area contributed by atoms with Gasteiger partial charge in [-0.25, -0.2) is 0 Å². The summed E-state index contributed by atoms with van der Waals surface area (Å²) in [7, 11) is 0. The van der Waals surface area contributed by atoms with Crippen LogP contribution in [0.2, 0.25) is 0 Å². The van der Waals surface area contributed by atoms with E-state index < -0.39 is 0 Å². The van der Waals surface area contributed by atoms with Gasteiger partial charge in [0.15, 0.2) is 0 Å². The van der Waals surface area contributed by atoms with Crippen molar-refractivity contribution in [3.63, 3.8) is 0 Å². The number of carbonyl (C=O) groups excluding carboxylic acids is 2. The molecule has 2 unspecified atom stereocenters. The van der Waals surface area contributed by atoms with Gasteiger partial charge in [0.1, 0.15) is 0 Å². The van der Waals surface area contributed by atoms with Gasteiger partial charge in [-0.2, -0.15) is 0 Å². The third-order valence-electron chi connectivity index (χ3n) is 5.78. The molecule has 0 aromatic carbocycles. The fourth-order valence-corrected chi connectivity index (χ4v) is 4.47. The third kappa shape index (κ3) is 5.09. The average molecular weight is 336 g/mol. The van der Waals surface area contributed by atoms with Gasteiger partial charge in [-0.15, -0.1) is 0 Å². The van der Waals surface area contributed by atoms with E-state index in [2.05, 4.69) is 19.9 Å². The Morgan fingerprint density at radius 1 is 1.17 bits per heavy atom. The first kappa shape index (κ1) is 19.0. The molecule has 24 heavy (non-hydrogen) atoms. The van der Waals surface area contributed by atoms with Gasteiger partial charge in [-0.05, 0) is 37.0 Å². The SMILES string of the molecule is CC(=O)OC[C@@H]1CCC(C2(C)CCCC(C)C2)=C[C@@H]1COC(C)=O. The highest BCUT2D eigenvalue weighted by molar-refractivity contribution is 5.66. The third-order valence-corrected chi connectivity index (χ3v) is 5.78. The van der Waals surface area contributed by atoms with Gasteiger partial charge in [0.05, 0.1) is 13.2 Å². The molecule has 2 rings (SSSR count). The minimum Gasteiger partial charge on any atom is -0.466 e. The number of ether oxygens (including phenoxy) is 2. The van der Waals surface area contributed by atoms with Gasteiger partial charge in [0, 0.05) is 25.7 Å². The molecule has 2 aliphatic carbocycles. The molecule has 136 valence electrons. The molecule has 1 saturated carbocycles. The molecule has 0 radical (unpaired) electrons. The van der Waals surface area contributed by atoms with Gasteiger partial charge >= 0.3 is 11.9 Å². The van der Waals surface area contributed by atoms with E-state index in [0.29, 0.717) is 13.2 Å². The lowest BCUT2D eigenvalue weighted by Gasteiger charge is -2.42. The average Bonchev–Trinajstić information content (AvgIpc) is 2.50. The van der Waals surface area contributed by atoms with Crippen molar-refractivity contribution in [3.8, 4) is 0 Å². The Morgan fingerprint density at radius 2 is 1.83 bits per heavy atom. The summed E-state index contributed by atoms with van der Waals surface area (Å²) in [6.45, 7) is 8.42. The molecule has 4 atom stereocenters. The zero-order valence-electron chi connectivity index (χ0n) is 15.6. The van der Waals surface area contributed by atoms with Crippen molar-refractivity contribution in [3.05, 3.63) is 11.6 Å². The van der Waals surface area contributed by atoms with Gasteiger partial charge in [0.2, 0.25) is 0 Å². The van der Waals surface area contributed by atoms with Crippen LogP contribution in [0.4, 0.5) is 0 Å². The standard InChI is InChI=1S/C20H32O4/c1-14-6-5-9-20(4,11-14)19-8-7-17(12-23-15(2)21)18(10-19)13-24-16(3)22/h10,14,17-18H,5-9,11-13H2,1-4H3/t14?,17-,18+,20?/m0/s1. The van der Waals surface area contributed by atoms with Crippen molar-refractivity contribution in [2.24, 2.45) is 23.2 Å². The Hall–Kier alpha value is -1.32. The number of rotatable bonds is 5. The summed E-state index contributed by atoms with van der Waals surface area (Å²) >= 11 is 0. The van der Waals surface area contributed by atoms with Crippen LogP contribution in [0.3, 0.4) is 0 Å². The summed E-state index contributed by atoms with van der Waals surface area (Å²) in [5, 5.41) is 0. The maximum atomic E-state index is 11.2. The van der Waals surface area contributed by atoms with E-state index in [9.17, 15) is 9.59 Å². The highest BCUT2D eigenvalue weighted by atomic mass is 16.5. The van der Waals surface area contributed by atoms with Crippen LogP contribution < -0.4 is 0 Å². The van der Waals surface area contributed by atoms with Gasteiger partial charge in [-0.3, -0.25) is 9.59 Å². The first-order valence-corrected chi connectivity index (χ1v) is 9.28. The zero-order chi connectivity index (χ0) is 17.7. The monoisotopic (exact) mass is 336 g/mol. The van der Waals surface area contributed by atoms with E-state index in [-0.39, 0.29) is 29.2 Å². The summed E-state index contributed by atoms with van der Waals surface area (Å²) < 4.78 is 10.5. The quantitative estimate of drug-likeness (QED) is 0.555. The summed E-state index contributed by atoms with van der Waals surface area (Å²) in [6.07, 6.45) is 9.50. The van der Waals surface area contributed by atoms with Crippen LogP contribution in [0.25, 0.3) is 0 Å². The van der Waals surface area contributed by atoms with E-state index in [1.165, 1.54) is 45.1 Å². The lowest BCUT2D eigenvalue weighted by molar-refractivity contribution is -0.146. The highest BCUT2D eigenvalue weighted by Crippen LogP contribution is 2.48. The summed E-state index contributed by atoms with van der Waals surface area (Å²) in [4.78, 5) is 22.4. The Bertz CT molecular complexity index is 496. The molecular weight excluding hydrogens is 304 g/mol. The van der Waals surface area contributed by atoms with Gasteiger partial charge in [0.25, 0.3) is 0 Å². The van der Waals surface area contributed by atoms with E-state index >= 15 is 0 Å². The first-order valence-electron chi connectivity index (χ1n) is 9.28. The number of carbonyl (C=O) groups is 2. The topological polar surface area (TPSA) is 52.6 Å². The van der Waals surface area contributed by atoms with Crippen molar-refractivity contribution in [2.75, 3.05) is 13.2 Å². The van der Waals surface area contributed by atoms with Crippen molar-refractivity contribution in [1.29, 1.82) is 0 Å². The number of esters is 2. The molecule has 0 spiro atoms. The van der Waals surface area contributed by atoms with Crippen molar-refractivity contribution in [2.45, 2.75) is 66.2 Å². The van der Waals surface area contributed by atoms with Crippen molar-refractivity contribution in [1.82, 2.24) is 0 Å². The van der Waals surface area contributed by atoms with Crippen LogP contribution in [0, 0.1) is 23.2 Å². The van der Waals surface area contributed by atoms with Crippen LogP contribution in [0.5, 0.6) is 0 Å². The van der Waals surface area contributed by atoms with Gasteiger partial charge in [-0.1, -0.05) is 38.3 Å². The second-order valence-corrected chi connectivity index (χ2v) is 8.02. The molecule has 0 aromatic rings. The van der Waals surface area contributed by atoms with Crippen LogP contribution in [-0.2, 0) is 19.1 Å². The van der Waals surface area contributed by atoms with Crippen LogP contribution in [-0.4, -0.2) is 25.2 Å². The van der Waals surface area contributed by atoms with Crippen LogP contribution in [0.15, 0.2) is 11.6 Å². The fourth-order valence-electron chi connectivity index (χ4n) is 4.47. The molecular formula is C20H32O4. The molecule has 0 aliphatic heterocycles. The maximum absolute atomic E-state index is 11.2. The minimum absolute atomic E-state index is 0.144. The molecule has 0 amide bonds. The van der Waals surface area contributed by atoms with Crippen LogP contribution in [0.1, 0.15) is 66.2 Å². The Kier molecular flexibility index (Phi) is 6.47. The molecule has 2 aliphatic rings. The van der Waals surface area contributed by atoms with Gasteiger partial charge < -0.3 is 9.47 Å². The maximum Gasteiger partial charge on any atom is 0.302 e. The predicted molar refractivity (Wildman–Crippen MR) is 93.3 cm³/mol. The molecule has 1 fully saturated rings. The number of hydrogen-bond acceptors (Lipinski definition) is 4. The summed E-state index contributed by atoms with van der Waals surface area (Å²) in [5.41, 5.74) is 1.80. The van der Waals surface area contributed by atoms with E-state index in [1.54, 1.807) is 0 Å². The second-order valence-electron chi connectivity index (χ2n) is 8.02. The summed E-state index contributed by atoms with van der Waals surface area (Å²) in [5.74, 6) is 0.659. The molecule has 0 heterocycles. The van der Waals surface area contributed by atoms with Crippen LogP contribution >= 0.6 is 0 Å². The summed E-state index contributed by atoms with van der Waals surface area (Å²) in [6, 6.07) is 0. The minimum atomic E-state index is -0.251. The molecule has 0 N–H and O–H groups in total. The molecule has 4 nitrogen and oxygen atoms in total. The number of allylic oxidation sites excluding steroid dienone is 1. The second kappa shape index (κ2) is 8.17. The smallest absolute Gasteiger partial charge is 0.302 e. The van der Waals surface area contributed by atoms with Crippen molar-refractivity contribution < 1.29 is 19.1 Å². The molecule has 0 saturated heterocycles. The Morgan fingerprint density at radius 3 is 2.46 bits per heavy atom. The molecule has 0 aromatic heterocycles. The normalized spacial score (nSPS) is 33.5. The first-order chi connectivity index (χ1) is 11.3. The lowest BCUT2D eigenvalue weighted by atomic mass is 9.63. The van der Waals surface area contributed by atoms with E-state index in [4.69, 9.17) is 9.47 Å². The molecule has 4 heteroatoms. The molecule has 0 bridgehead atoms. The van der Waals surface area contributed by atoms with Crippen molar-refractivity contribution >= 4 is 11.9 Å². The lowest BCUT2D eigenvalue weighted by Crippen LogP contribution is -2.33. The van der Waals surface area contributed by atoms with E-state index in [1.807, 2.05) is 0 Å². The highest BCUT2D eigenvalue weighted by Gasteiger charge is 2.37. The largest absolute Gasteiger partial charge is 0.466 e. The van der Waals surface area contributed by atoms with E-state index in [0.717, 1.165) is 18.8 Å². The predicted octanol–water partition coefficient (Wildman–Crippen LogP) is 4.28. The Balaban J connectivity index is 2.12. The Labute approximate surface area is 146 Å². The zero-order valence-corrected chi connectivity index (χ0v) is 15.6. The number of hydrogen-bond donors (Lipinski definition) is 0. The fraction of sp³-hybridized carbons (Fsp3) is 0.800.